The van der Waals surface area contributed by atoms with Crippen LogP contribution in [0.4, 0.5) is 0 Å². The fourth-order valence-electron chi connectivity index (χ4n) is 3.36. The normalized spacial score (nSPS) is 15.7. The second kappa shape index (κ2) is 11.2. The molecule has 3 N–H and O–H groups in total. The first-order valence-electron chi connectivity index (χ1n) is 9.23. The topological polar surface area (TPSA) is 85.2 Å². The van der Waals surface area contributed by atoms with E-state index in [2.05, 4.69) is 15.2 Å². The standard InChI is InChI=1S/C20H28N4O3.HI/c1-25-18-8-7-15(12-19(18)26-2)13-22-20(21)23-14-16(17-6-5-11-27-17)24-9-3-4-10-24;/h5-8,11-12,16H,3-4,9-10,13-14H2,1-2H3,(H3,21,22,23);1H. The summed E-state index contributed by atoms with van der Waals surface area (Å²) in [6.45, 7) is 3.29. The van der Waals surface area contributed by atoms with Crippen LogP contribution in [0.25, 0.3) is 0 Å². The summed E-state index contributed by atoms with van der Waals surface area (Å²) < 4.78 is 16.2. The molecule has 1 aromatic heterocycles. The molecule has 1 fully saturated rings. The number of nitrogens with zero attached hydrogens (tertiary/aromatic N) is 2. The Kier molecular flexibility index (Phi) is 8.91. The van der Waals surface area contributed by atoms with Gasteiger partial charge in [0.15, 0.2) is 17.5 Å². The van der Waals surface area contributed by atoms with Crippen molar-refractivity contribution in [1.29, 1.82) is 0 Å². The molecule has 2 heterocycles. The van der Waals surface area contributed by atoms with Crippen molar-refractivity contribution in [1.82, 2.24) is 10.2 Å². The van der Waals surface area contributed by atoms with Crippen molar-refractivity contribution in [3.8, 4) is 11.5 Å². The maximum Gasteiger partial charge on any atom is 0.188 e. The van der Waals surface area contributed by atoms with Crippen LogP contribution < -0.4 is 20.5 Å². The fourth-order valence-corrected chi connectivity index (χ4v) is 3.36. The van der Waals surface area contributed by atoms with Crippen molar-refractivity contribution >= 4 is 29.9 Å². The first-order chi connectivity index (χ1) is 13.2. The van der Waals surface area contributed by atoms with E-state index in [1.165, 1.54) is 12.8 Å². The van der Waals surface area contributed by atoms with Crippen molar-refractivity contribution in [2.45, 2.75) is 25.4 Å². The lowest BCUT2D eigenvalue weighted by Gasteiger charge is -2.26. The smallest absolute Gasteiger partial charge is 0.188 e. The van der Waals surface area contributed by atoms with Crippen LogP contribution in [-0.2, 0) is 6.54 Å². The van der Waals surface area contributed by atoms with E-state index >= 15 is 0 Å². The van der Waals surface area contributed by atoms with Gasteiger partial charge in [0.05, 0.1) is 33.1 Å². The first-order valence-corrected chi connectivity index (χ1v) is 9.23. The summed E-state index contributed by atoms with van der Waals surface area (Å²) in [5.41, 5.74) is 7.08. The van der Waals surface area contributed by atoms with E-state index in [-0.39, 0.29) is 30.0 Å². The van der Waals surface area contributed by atoms with Gasteiger partial charge in [-0.15, -0.1) is 24.0 Å². The second-order valence-corrected chi connectivity index (χ2v) is 6.55. The van der Waals surface area contributed by atoms with E-state index in [0.717, 1.165) is 24.4 Å². The van der Waals surface area contributed by atoms with E-state index in [1.807, 2.05) is 30.3 Å². The lowest BCUT2D eigenvalue weighted by atomic mass is 10.2. The van der Waals surface area contributed by atoms with Crippen LogP contribution in [0.3, 0.4) is 0 Å². The molecule has 28 heavy (non-hydrogen) atoms. The van der Waals surface area contributed by atoms with E-state index in [0.29, 0.717) is 30.5 Å². The quantitative estimate of drug-likeness (QED) is 0.329. The molecule has 1 aromatic carbocycles. The molecule has 0 radical (unpaired) electrons. The number of nitrogens with two attached hydrogens (primary N) is 1. The van der Waals surface area contributed by atoms with Gasteiger partial charge in [-0.1, -0.05) is 6.07 Å². The first kappa shape index (κ1) is 22.4. The minimum atomic E-state index is 0. The molecular formula is C20H29IN4O3. The molecule has 0 aliphatic carbocycles. The predicted octanol–water partition coefficient (Wildman–Crippen LogP) is 3.16. The highest BCUT2D eigenvalue weighted by Gasteiger charge is 2.25. The van der Waals surface area contributed by atoms with Gasteiger partial charge in [-0.25, -0.2) is 4.99 Å². The van der Waals surface area contributed by atoms with Crippen molar-refractivity contribution in [3.05, 3.63) is 47.9 Å². The van der Waals surface area contributed by atoms with Crippen LogP contribution in [0.2, 0.25) is 0 Å². The van der Waals surface area contributed by atoms with Crippen molar-refractivity contribution in [3.63, 3.8) is 0 Å². The maximum atomic E-state index is 6.08. The SMILES string of the molecule is COc1ccc(CN=C(N)NCC(c2ccco2)N2CCCC2)cc1OC.I. The highest BCUT2D eigenvalue weighted by atomic mass is 127. The summed E-state index contributed by atoms with van der Waals surface area (Å²) in [5.74, 6) is 2.75. The molecular weight excluding hydrogens is 471 g/mol. The van der Waals surface area contributed by atoms with Crippen molar-refractivity contribution in [2.24, 2.45) is 10.7 Å². The number of guanidine groups is 1. The Morgan fingerprint density at radius 1 is 1.21 bits per heavy atom. The van der Waals surface area contributed by atoms with Crippen molar-refractivity contribution in [2.75, 3.05) is 33.9 Å². The number of furan rings is 1. The third-order valence-corrected chi connectivity index (χ3v) is 4.81. The zero-order chi connectivity index (χ0) is 19.1. The van der Waals surface area contributed by atoms with Gasteiger partial charge >= 0.3 is 0 Å². The van der Waals surface area contributed by atoms with Gasteiger partial charge in [0.1, 0.15) is 5.76 Å². The van der Waals surface area contributed by atoms with E-state index in [4.69, 9.17) is 19.6 Å². The van der Waals surface area contributed by atoms with Crippen molar-refractivity contribution < 1.29 is 13.9 Å². The van der Waals surface area contributed by atoms with Crippen LogP contribution in [0.1, 0.15) is 30.2 Å². The molecule has 154 valence electrons. The zero-order valence-electron chi connectivity index (χ0n) is 16.4. The molecule has 0 bridgehead atoms. The predicted molar refractivity (Wildman–Crippen MR) is 121 cm³/mol. The van der Waals surface area contributed by atoms with Crippen LogP contribution in [0, 0.1) is 0 Å². The Balaban J connectivity index is 0.00000280. The summed E-state index contributed by atoms with van der Waals surface area (Å²) in [6, 6.07) is 9.83. The van der Waals surface area contributed by atoms with Crippen LogP contribution in [-0.4, -0.2) is 44.7 Å². The third-order valence-electron chi connectivity index (χ3n) is 4.81. The summed E-state index contributed by atoms with van der Waals surface area (Å²) in [4.78, 5) is 6.87. The summed E-state index contributed by atoms with van der Waals surface area (Å²) in [6.07, 6.45) is 4.16. The van der Waals surface area contributed by atoms with Gasteiger partial charge in [0.25, 0.3) is 0 Å². The lowest BCUT2D eigenvalue weighted by Crippen LogP contribution is -2.40. The second-order valence-electron chi connectivity index (χ2n) is 6.55. The minimum absolute atomic E-state index is 0. The monoisotopic (exact) mass is 500 g/mol. The van der Waals surface area contributed by atoms with Crippen LogP contribution in [0.5, 0.6) is 11.5 Å². The number of aliphatic imine (C=N–C) groups is 1. The van der Waals surface area contributed by atoms with Crippen LogP contribution in [0.15, 0.2) is 46.0 Å². The van der Waals surface area contributed by atoms with Gasteiger partial charge in [0, 0.05) is 6.54 Å². The molecule has 3 rings (SSSR count). The fraction of sp³-hybridized carbons (Fsp3) is 0.450. The highest BCUT2D eigenvalue weighted by molar-refractivity contribution is 14.0. The van der Waals surface area contributed by atoms with Gasteiger partial charge in [-0.3, -0.25) is 4.90 Å². The average Bonchev–Trinajstić information content (AvgIpc) is 3.41. The molecule has 1 unspecified atom stereocenters. The minimum Gasteiger partial charge on any atom is -0.493 e. The largest absolute Gasteiger partial charge is 0.493 e. The number of likely N-dealkylation sites (tertiary alicyclic amines) is 1. The number of rotatable bonds is 8. The Morgan fingerprint density at radius 3 is 2.61 bits per heavy atom. The summed E-state index contributed by atoms with van der Waals surface area (Å²) in [5, 5.41) is 3.24. The molecule has 1 aliphatic heterocycles. The molecule has 1 atom stereocenters. The Labute approximate surface area is 183 Å². The number of halogens is 1. The summed E-state index contributed by atoms with van der Waals surface area (Å²) in [7, 11) is 3.24. The summed E-state index contributed by atoms with van der Waals surface area (Å²) >= 11 is 0. The van der Waals surface area contributed by atoms with E-state index < -0.39 is 0 Å². The van der Waals surface area contributed by atoms with Gasteiger partial charge in [-0.2, -0.15) is 0 Å². The average molecular weight is 500 g/mol. The molecule has 0 saturated carbocycles. The molecule has 8 heteroatoms. The molecule has 2 aromatic rings. The lowest BCUT2D eigenvalue weighted by molar-refractivity contribution is 0.215. The molecule has 1 aliphatic rings. The van der Waals surface area contributed by atoms with Crippen LogP contribution >= 0.6 is 24.0 Å². The molecule has 1 saturated heterocycles. The molecule has 0 amide bonds. The zero-order valence-corrected chi connectivity index (χ0v) is 18.7. The van der Waals surface area contributed by atoms with Gasteiger partial charge in [0.2, 0.25) is 0 Å². The Hall–Kier alpha value is -1.94. The maximum absolute atomic E-state index is 6.08. The highest BCUT2D eigenvalue weighted by Crippen LogP contribution is 2.28. The van der Waals surface area contributed by atoms with Gasteiger partial charge in [-0.05, 0) is 55.8 Å². The number of hydrogen-bond donors (Lipinski definition) is 2. The van der Waals surface area contributed by atoms with Gasteiger partial charge < -0.3 is 24.9 Å². The number of hydrogen-bond acceptors (Lipinski definition) is 5. The van der Waals surface area contributed by atoms with E-state index in [9.17, 15) is 0 Å². The molecule has 7 nitrogen and oxygen atoms in total. The Morgan fingerprint density at radius 2 is 1.96 bits per heavy atom. The number of methoxy groups -OCH3 is 2. The third kappa shape index (κ3) is 5.78. The number of benzene rings is 1. The molecule has 0 spiro atoms. The number of ether oxygens (including phenoxy) is 2. The number of nitrogens with one attached hydrogen (secondary N) is 1. The van der Waals surface area contributed by atoms with E-state index in [1.54, 1.807) is 20.5 Å². The Bertz CT molecular complexity index is 746.